The molecule has 1 rings (SSSR count). The molecule has 0 aliphatic heterocycles. The number of aromatic amines is 1. The standard InChI is InChI=1S/C9H15N3O2S/c1-3-4-5-6-12(2)15(13,14)9-7-10-8-11-9/h3,7-8H,1,4-6H2,2H3,(H,10,11). The first-order valence-corrected chi connectivity index (χ1v) is 6.08. The maximum absolute atomic E-state index is 11.8. The second-order valence-electron chi connectivity index (χ2n) is 3.17. The number of hydrogen-bond donors (Lipinski definition) is 1. The van der Waals surface area contributed by atoms with E-state index in [1.807, 2.05) is 0 Å². The highest BCUT2D eigenvalue weighted by Crippen LogP contribution is 2.10. The molecule has 0 saturated carbocycles. The summed E-state index contributed by atoms with van der Waals surface area (Å²) in [6.07, 6.45) is 6.01. The van der Waals surface area contributed by atoms with E-state index in [4.69, 9.17) is 0 Å². The SMILES string of the molecule is C=CCCCN(C)S(=O)(=O)c1cnc[nH]1. The summed E-state index contributed by atoms with van der Waals surface area (Å²) in [7, 11) is -1.84. The zero-order chi connectivity index (χ0) is 11.3. The quantitative estimate of drug-likeness (QED) is 0.584. The van der Waals surface area contributed by atoms with E-state index < -0.39 is 10.0 Å². The van der Waals surface area contributed by atoms with Gasteiger partial charge in [-0.1, -0.05) is 6.08 Å². The van der Waals surface area contributed by atoms with Crippen LogP contribution < -0.4 is 0 Å². The van der Waals surface area contributed by atoms with E-state index in [1.165, 1.54) is 16.8 Å². The fourth-order valence-corrected chi connectivity index (χ4v) is 2.23. The van der Waals surface area contributed by atoms with Crippen molar-refractivity contribution in [2.45, 2.75) is 17.9 Å². The Bertz CT molecular complexity index is 397. The zero-order valence-corrected chi connectivity index (χ0v) is 9.50. The normalized spacial score (nSPS) is 11.9. The number of unbranched alkanes of at least 4 members (excludes halogenated alkanes) is 1. The molecule has 1 N–H and O–H groups in total. The van der Waals surface area contributed by atoms with Crippen molar-refractivity contribution in [2.24, 2.45) is 0 Å². The molecule has 0 unspecified atom stereocenters. The van der Waals surface area contributed by atoms with Gasteiger partial charge in [-0.05, 0) is 12.8 Å². The van der Waals surface area contributed by atoms with Gasteiger partial charge in [0.2, 0.25) is 0 Å². The second-order valence-corrected chi connectivity index (χ2v) is 5.19. The third-order valence-corrected chi connectivity index (χ3v) is 3.82. The van der Waals surface area contributed by atoms with Crippen LogP contribution in [0, 0.1) is 0 Å². The van der Waals surface area contributed by atoms with Crippen LogP contribution in [0.2, 0.25) is 0 Å². The molecule has 15 heavy (non-hydrogen) atoms. The van der Waals surface area contributed by atoms with Crippen molar-refractivity contribution in [1.82, 2.24) is 14.3 Å². The van der Waals surface area contributed by atoms with Crippen molar-refractivity contribution in [1.29, 1.82) is 0 Å². The van der Waals surface area contributed by atoms with Gasteiger partial charge in [-0.3, -0.25) is 0 Å². The largest absolute Gasteiger partial charge is 0.335 e. The number of nitrogens with one attached hydrogen (secondary N) is 1. The molecule has 84 valence electrons. The van der Waals surface area contributed by atoms with E-state index in [9.17, 15) is 8.42 Å². The van der Waals surface area contributed by atoms with Crippen LogP contribution in [0.1, 0.15) is 12.8 Å². The van der Waals surface area contributed by atoms with Crippen LogP contribution >= 0.6 is 0 Å². The van der Waals surface area contributed by atoms with Crippen molar-refractivity contribution in [3.63, 3.8) is 0 Å². The molecule has 6 heteroatoms. The van der Waals surface area contributed by atoms with Crippen LogP contribution in [0.5, 0.6) is 0 Å². The average molecular weight is 229 g/mol. The summed E-state index contributed by atoms with van der Waals surface area (Å²) in [6.45, 7) is 4.07. The summed E-state index contributed by atoms with van der Waals surface area (Å²) < 4.78 is 24.9. The number of rotatable bonds is 6. The molecule has 0 atom stereocenters. The Morgan fingerprint density at radius 1 is 1.67 bits per heavy atom. The van der Waals surface area contributed by atoms with Crippen LogP contribution in [-0.2, 0) is 10.0 Å². The monoisotopic (exact) mass is 229 g/mol. The molecular weight excluding hydrogens is 214 g/mol. The predicted molar refractivity (Wildman–Crippen MR) is 57.8 cm³/mol. The molecule has 0 spiro atoms. The number of allylic oxidation sites excluding steroid dienone is 1. The van der Waals surface area contributed by atoms with Gasteiger partial charge in [0.1, 0.15) is 0 Å². The molecule has 0 radical (unpaired) electrons. The molecule has 1 aromatic rings. The maximum Gasteiger partial charge on any atom is 0.259 e. The van der Waals surface area contributed by atoms with E-state index in [1.54, 1.807) is 13.1 Å². The Morgan fingerprint density at radius 3 is 2.93 bits per heavy atom. The van der Waals surface area contributed by atoms with Gasteiger partial charge in [-0.25, -0.2) is 13.4 Å². The van der Waals surface area contributed by atoms with Gasteiger partial charge in [0, 0.05) is 13.6 Å². The van der Waals surface area contributed by atoms with E-state index in [0.717, 1.165) is 12.8 Å². The lowest BCUT2D eigenvalue weighted by molar-refractivity contribution is 0.460. The fraction of sp³-hybridized carbons (Fsp3) is 0.444. The summed E-state index contributed by atoms with van der Waals surface area (Å²) in [6, 6.07) is 0. The summed E-state index contributed by atoms with van der Waals surface area (Å²) in [5.74, 6) is 0. The van der Waals surface area contributed by atoms with E-state index in [0.29, 0.717) is 6.54 Å². The van der Waals surface area contributed by atoms with Crippen LogP contribution in [-0.4, -0.2) is 36.3 Å². The summed E-state index contributed by atoms with van der Waals surface area (Å²) in [4.78, 5) is 6.28. The predicted octanol–water partition coefficient (Wildman–Crippen LogP) is 0.996. The zero-order valence-electron chi connectivity index (χ0n) is 8.68. The fourth-order valence-electron chi connectivity index (χ4n) is 1.13. The number of nitrogens with zero attached hydrogens (tertiary/aromatic N) is 2. The van der Waals surface area contributed by atoms with Crippen LogP contribution in [0.15, 0.2) is 30.2 Å². The molecule has 5 nitrogen and oxygen atoms in total. The topological polar surface area (TPSA) is 66.1 Å². The maximum atomic E-state index is 11.8. The van der Waals surface area contributed by atoms with Crippen LogP contribution in [0.3, 0.4) is 0 Å². The molecule has 0 amide bonds. The third kappa shape index (κ3) is 2.90. The lowest BCUT2D eigenvalue weighted by atomic mass is 10.3. The Morgan fingerprint density at radius 2 is 2.40 bits per heavy atom. The smallest absolute Gasteiger partial charge is 0.259 e. The van der Waals surface area contributed by atoms with Crippen LogP contribution in [0.4, 0.5) is 0 Å². The van der Waals surface area contributed by atoms with Crippen LogP contribution in [0.25, 0.3) is 0 Å². The van der Waals surface area contributed by atoms with Gasteiger partial charge >= 0.3 is 0 Å². The lowest BCUT2D eigenvalue weighted by Gasteiger charge is -2.14. The van der Waals surface area contributed by atoms with Gasteiger partial charge in [0.05, 0.1) is 12.5 Å². The van der Waals surface area contributed by atoms with Crippen molar-refractivity contribution >= 4 is 10.0 Å². The number of aromatic nitrogens is 2. The Kier molecular flexibility index (Phi) is 4.05. The van der Waals surface area contributed by atoms with Gasteiger partial charge in [-0.15, -0.1) is 6.58 Å². The summed E-state index contributed by atoms with van der Waals surface area (Å²) in [5, 5.41) is 0.128. The molecule has 0 fully saturated rings. The Labute approximate surface area is 89.9 Å². The molecule has 0 aliphatic rings. The molecular formula is C9H15N3O2S. The first kappa shape index (κ1) is 11.9. The van der Waals surface area contributed by atoms with Gasteiger partial charge in [-0.2, -0.15) is 4.31 Å². The van der Waals surface area contributed by atoms with Crippen molar-refractivity contribution in [3.05, 3.63) is 25.2 Å². The highest BCUT2D eigenvalue weighted by Gasteiger charge is 2.21. The van der Waals surface area contributed by atoms with E-state index in [2.05, 4.69) is 16.5 Å². The molecule has 0 saturated heterocycles. The third-order valence-electron chi connectivity index (χ3n) is 2.04. The molecule has 0 bridgehead atoms. The van der Waals surface area contributed by atoms with Gasteiger partial charge in [0.25, 0.3) is 10.0 Å². The van der Waals surface area contributed by atoms with Gasteiger partial charge < -0.3 is 4.98 Å². The van der Waals surface area contributed by atoms with Crippen molar-refractivity contribution < 1.29 is 8.42 Å². The summed E-state index contributed by atoms with van der Waals surface area (Å²) >= 11 is 0. The van der Waals surface area contributed by atoms with E-state index in [-0.39, 0.29) is 5.03 Å². The molecule has 0 aromatic carbocycles. The lowest BCUT2D eigenvalue weighted by Crippen LogP contribution is -2.28. The number of hydrogen-bond acceptors (Lipinski definition) is 3. The first-order chi connectivity index (χ1) is 7.09. The average Bonchev–Trinajstić information content (AvgIpc) is 2.71. The number of H-pyrrole nitrogens is 1. The highest BCUT2D eigenvalue weighted by molar-refractivity contribution is 7.89. The summed E-state index contributed by atoms with van der Waals surface area (Å²) in [5.41, 5.74) is 0. The molecule has 1 heterocycles. The second kappa shape index (κ2) is 5.09. The Balaban J connectivity index is 2.66. The highest BCUT2D eigenvalue weighted by atomic mass is 32.2. The molecule has 1 aromatic heterocycles. The number of sulfonamides is 1. The van der Waals surface area contributed by atoms with E-state index >= 15 is 0 Å². The Hall–Kier alpha value is -1.14. The first-order valence-electron chi connectivity index (χ1n) is 4.64. The number of imidazole rings is 1. The minimum atomic E-state index is -3.40. The minimum Gasteiger partial charge on any atom is -0.335 e. The van der Waals surface area contributed by atoms with Crippen molar-refractivity contribution in [3.8, 4) is 0 Å². The van der Waals surface area contributed by atoms with Gasteiger partial charge in [0.15, 0.2) is 5.03 Å². The van der Waals surface area contributed by atoms with Crippen molar-refractivity contribution in [2.75, 3.05) is 13.6 Å². The molecule has 0 aliphatic carbocycles. The minimum absolute atomic E-state index is 0.128.